The number of aromatic nitrogens is 1. The van der Waals surface area contributed by atoms with Crippen molar-refractivity contribution in [3.8, 4) is 6.07 Å². The lowest BCUT2D eigenvalue weighted by atomic mass is 10.2. The Morgan fingerprint density at radius 1 is 1.10 bits per heavy atom. The molecule has 6 heteroatoms. The molecule has 0 aliphatic carbocycles. The van der Waals surface area contributed by atoms with Crippen molar-refractivity contribution in [1.29, 1.82) is 5.26 Å². The van der Waals surface area contributed by atoms with Crippen LogP contribution in [0.4, 0.5) is 11.5 Å². The van der Waals surface area contributed by atoms with Crippen LogP contribution in [0.25, 0.3) is 0 Å². The van der Waals surface area contributed by atoms with Gasteiger partial charge >= 0.3 is 11.8 Å². The van der Waals surface area contributed by atoms with Crippen LogP contribution in [0, 0.1) is 18.3 Å². The quantitative estimate of drug-likeness (QED) is 0.820. The van der Waals surface area contributed by atoms with Crippen molar-refractivity contribution >= 4 is 23.3 Å². The molecule has 2 amide bonds. The molecule has 2 rings (SSSR count). The van der Waals surface area contributed by atoms with Gasteiger partial charge in [0.15, 0.2) is 0 Å². The molecule has 2 N–H and O–H groups in total. The lowest BCUT2D eigenvalue weighted by Gasteiger charge is -2.07. The Morgan fingerprint density at radius 2 is 1.81 bits per heavy atom. The highest BCUT2D eigenvalue weighted by Gasteiger charge is 2.15. The van der Waals surface area contributed by atoms with Crippen molar-refractivity contribution < 1.29 is 9.59 Å². The number of carbonyl (C=O) groups excluding carboxylic acids is 2. The lowest BCUT2D eigenvalue weighted by molar-refractivity contribution is -0.133. The van der Waals surface area contributed by atoms with Gasteiger partial charge in [-0.25, -0.2) is 4.98 Å². The van der Waals surface area contributed by atoms with E-state index in [-0.39, 0.29) is 17.1 Å². The maximum absolute atomic E-state index is 11.8. The molecule has 0 bridgehead atoms. The lowest BCUT2D eigenvalue weighted by Crippen LogP contribution is -2.29. The molecule has 104 valence electrons. The summed E-state index contributed by atoms with van der Waals surface area (Å²) in [7, 11) is 0. The maximum Gasteiger partial charge on any atom is 0.315 e. The first-order chi connectivity index (χ1) is 10.1. The second-order valence-corrected chi connectivity index (χ2v) is 4.29. The van der Waals surface area contributed by atoms with E-state index in [1.807, 2.05) is 13.0 Å². The van der Waals surface area contributed by atoms with Gasteiger partial charge in [0, 0.05) is 6.20 Å². The van der Waals surface area contributed by atoms with E-state index in [1.54, 1.807) is 42.6 Å². The van der Waals surface area contributed by atoms with Gasteiger partial charge in [-0.1, -0.05) is 18.2 Å². The zero-order valence-corrected chi connectivity index (χ0v) is 11.3. The van der Waals surface area contributed by atoms with Crippen LogP contribution in [0.3, 0.4) is 0 Å². The first-order valence-electron chi connectivity index (χ1n) is 6.14. The van der Waals surface area contributed by atoms with E-state index >= 15 is 0 Å². The fourth-order valence-electron chi connectivity index (χ4n) is 1.58. The van der Waals surface area contributed by atoms with Crippen molar-refractivity contribution in [3.63, 3.8) is 0 Å². The largest absolute Gasteiger partial charge is 0.317 e. The number of benzene rings is 1. The normalized spacial score (nSPS) is 9.52. The summed E-state index contributed by atoms with van der Waals surface area (Å²) in [4.78, 5) is 27.5. The molecule has 21 heavy (non-hydrogen) atoms. The molecule has 0 fully saturated rings. The van der Waals surface area contributed by atoms with Gasteiger partial charge in [0.2, 0.25) is 0 Å². The standard InChI is InChI=1S/C15H12N4O2/c1-10-6-7-13(17-9-10)19-15(21)14(20)18-12-5-3-2-4-11(12)8-16/h2-7,9H,1H3,(H,18,20)(H,17,19,21). The molecule has 0 spiro atoms. The second kappa shape index (κ2) is 6.30. The predicted octanol–water partition coefficient (Wildman–Crippen LogP) is 1.84. The molecule has 0 atom stereocenters. The SMILES string of the molecule is Cc1ccc(NC(=O)C(=O)Nc2ccccc2C#N)nc1. The number of aryl methyl sites for hydroxylation is 1. The van der Waals surface area contributed by atoms with Crippen molar-refractivity contribution in [3.05, 3.63) is 53.7 Å². The van der Waals surface area contributed by atoms with Gasteiger partial charge in [-0.3, -0.25) is 9.59 Å². The predicted molar refractivity (Wildman–Crippen MR) is 77.4 cm³/mol. The number of para-hydroxylation sites is 1. The number of anilines is 2. The summed E-state index contributed by atoms with van der Waals surface area (Å²) in [6.07, 6.45) is 1.58. The molecular formula is C15H12N4O2. The van der Waals surface area contributed by atoms with Gasteiger partial charge in [0.05, 0.1) is 11.3 Å². The minimum Gasteiger partial charge on any atom is -0.317 e. The molecular weight excluding hydrogens is 268 g/mol. The molecule has 1 aromatic heterocycles. The van der Waals surface area contributed by atoms with Crippen LogP contribution in [0.2, 0.25) is 0 Å². The summed E-state index contributed by atoms with van der Waals surface area (Å²) < 4.78 is 0. The topological polar surface area (TPSA) is 94.9 Å². The smallest absolute Gasteiger partial charge is 0.315 e. The van der Waals surface area contributed by atoms with E-state index in [4.69, 9.17) is 5.26 Å². The number of nitrogens with zero attached hydrogens (tertiary/aromatic N) is 2. The summed E-state index contributed by atoms with van der Waals surface area (Å²) in [5.74, 6) is -1.42. The molecule has 0 aliphatic rings. The Labute approximate surface area is 121 Å². The van der Waals surface area contributed by atoms with Crippen LogP contribution in [-0.4, -0.2) is 16.8 Å². The highest BCUT2D eigenvalue weighted by Crippen LogP contribution is 2.13. The van der Waals surface area contributed by atoms with E-state index < -0.39 is 11.8 Å². The third kappa shape index (κ3) is 3.64. The molecule has 2 aromatic rings. The summed E-state index contributed by atoms with van der Waals surface area (Å²) >= 11 is 0. The third-order valence-electron chi connectivity index (χ3n) is 2.65. The van der Waals surface area contributed by atoms with E-state index in [0.29, 0.717) is 0 Å². The fraction of sp³-hybridized carbons (Fsp3) is 0.0667. The van der Waals surface area contributed by atoms with Gasteiger partial charge < -0.3 is 10.6 Å². The zero-order chi connectivity index (χ0) is 15.2. The molecule has 0 aliphatic heterocycles. The number of rotatable bonds is 2. The van der Waals surface area contributed by atoms with Crippen molar-refractivity contribution in [2.24, 2.45) is 0 Å². The molecule has 6 nitrogen and oxygen atoms in total. The summed E-state index contributed by atoms with van der Waals surface area (Å²) in [6.45, 7) is 1.87. The second-order valence-electron chi connectivity index (χ2n) is 4.29. The number of hydrogen-bond donors (Lipinski definition) is 2. The minimum atomic E-state index is -0.861. The number of nitrogens with one attached hydrogen (secondary N) is 2. The maximum atomic E-state index is 11.8. The average molecular weight is 280 g/mol. The Balaban J connectivity index is 2.05. The number of pyridine rings is 1. The van der Waals surface area contributed by atoms with Crippen LogP contribution >= 0.6 is 0 Å². The molecule has 0 unspecified atom stereocenters. The molecule has 1 aromatic carbocycles. The number of amides is 2. The van der Waals surface area contributed by atoms with E-state index in [0.717, 1.165) is 5.56 Å². The van der Waals surface area contributed by atoms with Gasteiger partial charge in [-0.15, -0.1) is 0 Å². The van der Waals surface area contributed by atoms with Crippen LogP contribution in [0.1, 0.15) is 11.1 Å². The summed E-state index contributed by atoms with van der Waals surface area (Å²) in [5.41, 5.74) is 1.52. The Kier molecular flexibility index (Phi) is 4.26. The van der Waals surface area contributed by atoms with Crippen LogP contribution < -0.4 is 10.6 Å². The molecule has 1 heterocycles. The number of nitriles is 1. The van der Waals surface area contributed by atoms with Crippen molar-refractivity contribution in [1.82, 2.24) is 4.98 Å². The highest BCUT2D eigenvalue weighted by atomic mass is 16.2. The van der Waals surface area contributed by atoms with Gasteiger partial charge in [0.1, 0.15) is 11.9 Å². The first kappa shape index (κ1) is 14.2. The monoisotopic (exact) mass is 280 g/mol. The Hall–Kier alpha value is -3.20. The molecule has 0 saturated carbocycles. The fourth-order valence-corrected chi connectivity index (χ4v) is 1.58. The van der Waals surface area contributed by atoms with Gasteiger partial charge in [-0.2, -0.15) is 5.26 Å². The Morgan fingerprint density at radius 3 is 2.48 bits per heavy atom. The van der Waals surface area contributed by atoms with Crippen molar-refractivity contribution in [2.45, 2.75) is 6.92 Å². The number of hydrogen-bond acceptors (Lipinski definition) is 4. The van der Waals surface area contributed by atoms with E-state index in [1.165, 1.54) is 0 Å². The van der Waals surface area contributed by atoms with Crippen molar-refractivity contribution in [2.75, 3.05) is 10.6 Å². The minimum absolute atomic E-state index is 0.284. The van der Waals surface area contributed by atoms with Gasteiger partial charge in [-0.05, 0) is 30.7 Å². The Bertz CT molecular complexity index is 717. The highest BCUT2D eigenvalue weighted by molar-refractivity contribution is 6.43. The van der Waals surface area contributed by atoms with Gasteiger partial charge in [0.25, 0.3) is 0 Å². The first-order valence-corrected chi connectivity index (χ1v) is 6.14. The van der Waals surface area contributed by atoms with E-state index in [9.17, 15) is 9.59 Å². The molecule has 0 radical (unpaired) electrons. The zero-order valence-electron chi connectivity index (χ0n) is 11.3. The number of carbonyl (C=O) groups is 2. The van der Waals surface area contributed by atoms with Crippen LogP contribution in [0.5, 0.6) is 0 Å². The van der Waals surface area contributed by atoms with Crippen LogP contribution in [-0.2, 0) is 9.59 Å². The van der Waals surface area contributed by atoms with Crippen LogP contribution in [0.15, 0.2) is 42.6 Å². The molecule has 0 saturated heterocycles. The summed E-state index contributed by atoms with van der Waals surface area (Å²) in [5, 5.41) is 13.7. The van der Waals surface area contributed by atoms with E-state index in [2.05, 4.69) is 15.6 Å². The summed E-state index contributed by atoms with van der Waals surface area (Å²) in [6, 6.07) is 11.7. The third-order valence-corrected chi connectivity index (χ3v) is 2.65. The average Bonchev–Trinajstić information content (AvgIpc) is 2.50.